The molecule has 0 amide bonds. The fourth-order valence-electron chi connectivity index (χ4n) is 1.50. The van der Waals surface area contributed by atoms with Gasteiger partial charge >= 0.3 is 0 Å². The summed E-state index contributed by atoms with van der Waals surface area (Å²) in [6, 6.07) is 5.63. The van der Waals surface area contributed by atoms with Gasteiger partial charge in [0.2, 0.25) is 0 Å². The molecule has 0 spiro atoms. The molecule has 1 N–H and O–H groups in total. The Labute approximate surface area is 92.1 Å². The average molecular weight is 202 g/mol. The van der Waals surface area contributed by atoms with Crippen LogP contribution in [-0.2, 0) is 6.42 Å². The van der Waals surface area contributed by atoms with Crippen molar-refractivity contribution >= 4 is 0 Å². The number of aryl methyl sites for hydroxylation is 1. The van der Waals surface area contributed by atoms with Crippen LogP contribution in [0.15, 0.2) is 18.2 Å². The third-order valence-corrected chi connectivity index (χ3v) is 2.39. The SMILES string of the molecule is CCCC#CCCc1c(C)cccc1O. The highest BCUT2D eigenvalue weighted by molar-refractivity contribution is 5.38. The maximum Gasteiger partial charge on any atom is 0.119 e. The molecule has 0 saturated carbocycles. The summed E-state index contributed by atoms with van der Waals surface area (Å²) >= 11 is 0. The van der Waals surface area contributed by atoms with Gasteiger partial charge in [0.15, 0.2) is 0 Å². The number of benzene rings is 1. The Morgan fingerprint density at radius 2 is 1.93 bits per heavy atom. The van der Waals surface area contributed by atoms with Gasteiger partial charge in [0.05, 0.1) is 0 Å². The maximum absolute atomic E-state index is 9.65. The van der Waals surface area contributed by atoms with E-state index in [0.29, 0.717) is 5.75 Å². The molecule has 0 atom stereocenters. The van der Waals surface area contributed by atoms with E-state index in [1.54, 1.807) is 6.07 Å². The van der Waals surface area contributed by atoms with E-state index in [9.17, 15) is 5.11 Å². The van der Waals surface area contributed by atoms with Crippen molar-refractivity contribution in [3.05, 3.63) is 29.3 Å². The van der Waals surface area contributed by atoms with E-state index in [4.69, 9.17) is 0 Å². The summed E-state index contributed by atoms with van der Waals surface area (Å²) in [5.41, 5.74) is 2.18. The summed E-state index contributed by atoms with van der Waals surface area (Å²) in [4.78, 5) is 0. The third-order valence-electron chi connectivity index (χ3n) is 2.39. The van der Waals surface area contributed by atoms with Gasteiger partial charge in [-0.2, -0.15) is 0 Å². The summed E-state index contributed by atoms with van der Waals surface area (Å²) in [6.07, 6.45) is 3.76. The molecule has 0 bridgehead atoms. The lowest BCUT2D eigenvalue weighted by atomic mass is 10.0. The van der Waals surface area contributed by atoms with Crippen LogP contribution in [0.4, 0.5) is 0 Å². The molecular weight excluding hydrogens is 184 g/mol. The van der Waals surface area contributed by atoms with Gasteiger partial charge in [0.1, 0.15) is 5.75 Å². The van der Waals surface area contributed by atoms with E-state index in [1.165, 1.54) is 0 Å². The Hall–Kier alpha value is -1.42. The molecule has 0 unspecified atom stereocenters. The number of phenols is 1. The first-order chi connectivity index (χ1) is 7.25. The van der Waals surface area contributed by atoms with Crippen LogP contribution in [-0.4, -0.2) is 5.11 Å². The van der Waals surface area contributed by atoms with Crippen LogP contribution >= 0.6 is 0 Å². The maximum atomic E-state index is 9.65. The normalized spacial score (nSPS) is 9.47. The smallest absolute Gasteiger partial charge is 0.119 e. The van der Waals surface area contributed by atoms with Crippen LogP contribution in [0.2, 0.25) is 0 Å². The minimum Gasteiger partial charge on any atom is -0.508 e. The zero-order chi connectivity index (χ0) is 11.1. The quantitative estimate of drug-likeness (QED) is 0.744. The summed E-state index contributed by atoms with van der Waals surface area (Å²) < 4.78 is 0. The van der Waals surface area contributed by atoms with Gasteiger partial charge in [-0.15, -0.1) is 11.8 Å². The number of hydrogen-bond acceptors (Lipinski definition) is 1. The molecule has 0 fully saturated rings. The fraction of sp³-hybridized carbons (Fsp3) is 0.429. The highest BCUT2D eigenvalue weighted by Gasteiger charge is 2.02. The van der Waals surface area contributed by atoms with Crippen molar-refractivity contribution in [2.24, 2.45) is 0 Å². The van der Waals surface area contributed by atoms with Crippen LogP contribution < -0.4 is 0 Å². The van der Waals surface area contributed by atoms with E-state index in [2.05, 4.69) is 18.8 Å². The number of hydrogen-bond donors (Lipinski definition) is 1. The Morgan fingerprint density at radius 1 is 1.20 bits per heavy atom. The minimum atomic E-state index is 0.396. The van der Waals surface area contributed by atoms with Crippen molar-refractivity contribution in [2.45, 2.75) is 39.5 Å². The van der Waals surface area contributed by atoms with E-state index in [0.717, 1.165) is 36.8 Å². The molecule has 0 heterocycles. The lowest BCUT2D eigenvalue weighted by Gasteiger charge is -2.05. The monoisotopic (exact) mass is 202 g/mol. The third kappa shape index (κ3) is 3.67. The number of rotatable bonds is 3. The van der Waals surface area contributed by atoms with Crippen molar-refractivity contribution in [3.63, 3.8) is 0 Å². The highest BCUT2D eigenvalue weighted by Crippen LogP contribution is 2.21. The van der Waals surface area contributed by atoms with Crippen molar-refractivity contribution in [3.8, 4) is 17.6 Å². The Morgan fingerprint density at radius 3 is 2.60 bits per heavy atom. The summed E-state index contributed by atoms with van der Waals surface area (Å²) in [5, 5.41) is 9.65. The van der Waals surface area contributed by atoms with Crippen LogP contribution in [0.25, 0.3) is 0 Å². The Bertz CT molecular complexity index is 348. The molecule has 15 heavy (non-hydrogen) atoms. The van der Waals surface area contributed by atoms with Gasteiger partial charge in [-0.3, -0.25) is 0 Å². The lowest BCUT2D eigenvalue weighted by molar-refractivity contribution is 0.467. The molecular formula is C14H18O. The molecule has 0 radical (unpaired) electrons. The van der Waals surface area contributed by atoms with E-state index < -0.39 is 0 Å². The van der Waals surface area contributed by atoms with Crippen LogP contribution in [0.1, 0.15) is 37.3 Å². The first-order valence-corrected chi connectivity index (χ1v) is 5.49. The second kappa shape index (κ2) is 6.14. The first-order valence-electron chi connectivity index (χ1n) is 5.49. The van der Waals surface area contributed by atoms with Crippen molar-refractivity contribution in [1.82, 2.24) is 0 Å². The Balaban J connectivity index is 2.55. The van der Waals surface area contributed by atoms with Gasteiger partial charge in [0.25, 0.3) is 0 Å². The molecule has 1 aromatic carbocycles. The second-order valence-corrected chi connectivity index (χ2v) is 3.68. The van der Waals surface area contributed by atoms with Crippen LogP contribution in [0.5, 0.6) is 5.75 Å². The molecule has 1 heteroatoms. The summed E-state index contributed by atoms with van der Waals surface area (Å²) in [6.45, 7) is 4.15. The zero-order valence-electron chi connectivity index (χ0n) is 9.51. The van der Waals surface area contributed by atoms with Gasteiger partial charge < -0.3 is 5.11 Å². The van der Waals surface area contributed by atoms with Gasteiger partial charge in [-0.05, 0) is 37.0 Å². The molecule has 0 saturated heterocycles. The summed E-state index contributed by atoms with van der Waals surface area (Å²) in [5.74, 6) is 6.64. The topological polar surface area (TPSA) is 20.2 Å². The minimum absolute atomic E-state index is 0.396. The van der Waals surface area contributed by atoms with E-state index in [-0.39, 0.29) is 0 Å². The highest BCUT2D eigenvalue weighted by atomic mass is 16.3. The van der Waals surface area contributed by atoms with Crippen molar-refractivity contribution in [1.29, 1.82) is 0 Å². The predicted molar refractivity (Wildman–Crippen MR) is 63.8 cm³/mol. The van der Waals surface area contributed by atoms with Gasteiger partial charge in [0, 0.05) is 12.8 Å². The molecule has 1 nitrogen and oxygen atoms in total. The summed E-state index contributed by atoms with van der Waals surface area (Å²) in [7, 11) is 0. The molecule has 80 valence electrons. The van der Waals surface area contributed by atoms with Crippen molar-refractivity contribution in [2.75, 3.05) is 0 Å². The van der Waals surface area contributed by atoms with Crippen molar-refractivity contribution < 1.29 is 5.11 Å². The number of aromatic hydroxyl groups is 1. The predicted octanol–water partition coefficient (Wildman–Crippen LogP) is 3.44. The molecule has 1 rings (SSSR count). The number of unbranched alkanes of at least 4 members (excludes halogenated alkanes) is 1. The second-order valence-electron chi connectivity index (χ2n) is 3.68. The lowest BCUT2D eigenvalue weighted by Crippen LogP contribution is -1.89. The van der Waals surface area contributed by atoms with Gasteiger partial charge in [-0.25, -0.2) is 0 Å². The average Bonchev–Trinajstić information content (AvgIpc) is 2.21. The zero-order valence-corrected chi connectivity index (χ0v) is 9.51. The van der Waals surface area contributed by atoms with Crippen LogP contribution in [0.3, 0.4) is 0 Å². The van der Waals surface area contributed by atoms with E-state index in [1.807, 2.05) is 19.1 Å². The van der Waals surface area contributed by atoms with Gasteiger partial charge in [-0.1, -0.05) is 19.1 Å². The number of phenolic OH excluding ortho intramolecular Hbond substituents is 1. The first kappa shape index (κ1) is 11.7. The van der Waals surface area contributed by atoms with Crippen LogP contribution in [0, 0.1) is 18.8 Å². The molecule has 0 aliphatic carbocycles. The molecule has 0 aromatic heterocycles. The fourth-order valence-corrected chi connectivity index (χ4v) is 1.50. The molecule has 0 aliphatic heterocycles. The Kier molecular flexibility index (Phi) is 4.77. The molecule has 1 aromatic rings. The standard InChI is InChI=1S/C14H18O/c1-3-4-5-6-7-10-13-12(2)9-8-11-14(13)15/h8-9,11,15H,3-4,7,10H2,1-2H3. The van der Waals surface area contributed by atoms with E-state index >= 15 is 0 Å². The largest absolute Gasteiger partial charge is 0.508 e. The molecule has 0 aliphatic rings.